The van der Waals surface area contributed by atoms with Gasteiger partial charge in [-0.15, -0.1) is 20.1 Å². The summed E-state index contributed by atoms with van der Waals surface area (Å²) in [5, 5.41) is 14.3. The van der Waals surface area contributed by atoms with Crippen molar-refractivity contribution in [2.75, 3.05) is 13.1 Å². The number of hydrogen-bond donors (Lipinski definition) is 3. The molecule has 2 unspecified atom stereocenters. The van der Waals surface area contributed by atoms with E-state index in [4.69, 9.17) is 4.42 Å². The van der Waals surface area contributed by atoms with Crippen LogP contribution in [0.5, 0.6) is 5.75 Å². The third kappa shape index (κ3) is 5.81. The maximum Gasteiger partial charge on any atom is 0.324 e. The highest BCUT2D eigenvalue weighted by Crippen LogP contribution is 2.40. The molecule has 0 aromatic carbocycles. The SMILES string of the molecule is CCN(CC)S(=O)(=O)c1sc(C)c([NH2+]C2=NS(=O)N=C2[NH2+]C(c2cc(C(C)(C)C)co2)C(C)C)c1O. The lowest BCUT2D eigenvalue weighted by Crippen LogP contribution is -2.99. The van der Waals surface area contributed by atoms with Crippen LogP contribution in [0.1, 0.15) is 70.7 Å². The van der Waals surface area contributed by atoms with Gasteiger partial charge in [-0.2, -0.15) is 4.31 Å². The molecule has 0 radical (unpaired) electrons. The minimum Gasteiger partial charge on any atom is -0.501 e. The fourth-order valence-electron chi connectivity index (χ4n) is 3.87. The lowest BCUT2D eigenvalue weighted by Gasteiger charge is -2.17. The number of sulfonamides is 1. The van der Waals surface area contributed by atoms with Gasteiger partial charge in [-0.25, -0.2) is 12.6 Å². The summed E-state index contributed by atoms with van der Waals surface area (Å²) in [6.45, 7) is 16.3. The smallest absolute Gasteiger partial charge is 0.324 e. The Bertz CT molecular complexity index is 1300. The molecule has 0 saturated heterocycles. The quantitative estimate of drug-likeness (QED) is 0.454. The van der Waals surface area contributed by atoms with Crippen molar-refractivity contribution in [2.24, 2.45) is 14.7 Å². The van der Waals surface area contributed by atoms with Crippen molar-refractivity contribution < 1.29 is 32.8 Å². The number of thiophene rings is 1. The second-order valence-electron chi connectivity index (χ2n) is 10.0. The first kappa shape index (κ1) is 28.7. The van der Waals surface area contributed by atoms with Crippen LogP contribution in [0.2, 0.25) is 0 Å². The van der Waals surface area contributed by atoms with E-state index in [0.717, 1.165) is 22.7 Å². The lowest BCUT2D eigenvalue weighted by atomic mass is 9.88. The van der Waals surface area contributed by atoms with Crippen molar-refractivity contribution in [3.63, 3.8) is 0 Å². The zero-order chi connectivity index (χ0) is 27.0. The van der Waals surface area contributed by atoms with Gasteiger partial charge < -0.3 is 9.52 Å². The fourth-order valence-corrected chi connectivity index (χ4v) is 7.68. The molecular formula is C23H37N5O5S3+2. The summed E-state index contributed by atoms with van der Waals surface area (Å²) in [7, 11) is -3.84. The molecule has 0 amide bonds. The highest BCUT2D eigenvalue weighted by molar-refractivity contribution is 7.91. The van der Waals surface area contributed by atoms with Crippen LogP contribution in [0.3, 0.4) is 0 Å². The van der Waals surface area contributed by atoms with Crippen LogP contribution in [-0.4, -0.2) is 46.8 Å². The predicted molar refractivity (Wildman–Crippen MR) is 142 cm³/mol. The first-order chi connectivity index (χ1) is 16.7. The third-order valence-electron chi connectivity index (χ3n) is 6.12. The molecule has 0 saturated carbocycles. The van der Waals surface area contributed by atoms with E-state index in [1.54, 1.807) is 32.4 Å². The van der Waals surface area contributed by atoms with Crippen molar-refractivity contribution in [2.45, 2.75) is 71.1 Å². The predicted octanol–water partition coefficient (Wildman–Crippen LogP) is 2.23. The minimum absolute atomic E-state index is 0.0623. The minimum atomic E-state index is -3.84. The third-order valence-corrected chi connectivity index (χ3v) is 10.5. The van der Waals surface area contributed by atoms with Crippen molar-refractivity contribution >= 4 is 49.9 Å². The summed E-state index contributed by atoms with van der Waals surface area (Å²) in [5.41, 5.74) is 1.35. The number of nitrogens with zero attached hydrogens (tertiary/aromatic N) is 3. The van der Waals surface area contributed by atoms with E-state index >= 15 is 0 Å². The topological polar surface area (TPSA) is 146 Å². The van der Waals surface area contributed by atoms with Gasteiger partial charge in [0.2, 0.25) is 5.75 Å². The number of aryl methyl sites for hydroxylation is 1. The highest BCUT2D eigenvalue weighted by Gasteiger charge is 2.38. The average molecular weight is 560 g/mol. The van der Waals surface area contributed by atoms with Crippen LogP contribution in [0, 0.1) is 12.8 Å². The average Bonchev–Trinajstić information content (AvgIpc) is 3.46. The molecule has 0 bridgehead atoms. The first-order valence-corrected chi connectivity index (χ1v) is 15.2. The Morgan fingerprint density at radius 3 is 2.33 bits per heavy atom. The molecule has 5 N–H and O–H groups in total. The van der Waals surface area contributed by atoms with Crippen LogP contribution < -0.4 is 10.6 Å². The second kappa shape index (κ2) is 10.8. The summed E-state index contributed by atoms with van der Waals surface area (Å²) in [6, 6.07) is 1.89. The highest BCUT2D eigenvalue weighted by atomic mass is 32.2. The molecule has 0 spiro atoms. The monoisotopic (exact) mass is 559 g/mol. The Morgan fingerprint density at radius 2 is 1.81 bits per heavy atom. The normalized spacial score (nSPS) is 17.7. The van der Waals surface area contributed by atoms with Gasteiger partial charge in [-0.1, -0.05) is 48.5 Å². The lowest BCUT2D eigenvalue weighted by molar-refractivity contribution is -0.600. The van der Waals surface area contributed by atoms with E-state index in [2.05, 4.69) is 43.4 Å². The van der Waals surface area contributed by atoms with Crippen LogP contribution >= 0.6 is 11.3 Å². The van der Waals surface area contributed by atoms with E-state index in [9.17, 15) is 17.7 Å². The number of quaternary nitrogens is 2. The van der Waals surface area contributed by atoms with Gasteiger partial charge in [0.1, 0.15) is 0 Å². The molecule has 13 heteroatoms. The molecule has 1 aliphatic heterocycles. The number of amidine groups is 2. The maximum atomic E-state index is 13.0. The molecule has 1 aliphatic rings. The van der Waals surface area contributed by atoms with Crippen molar-refractivity contribution in [3.05, 3.63) is 28.5 Å². The molecule has 36 heavy (non-hydrogen) atoms. The second-order valence-corrected chi connectivity index (χ2v) is 14.2. The van der Waals surface area contributed by atoms with Gasteiger partial charge in [0, 0.05) is 19.0 Å². The summed E-state index contributed by atoms with van der Waals surface area (Å²) < 4.78 is 53.8. The van der Waals surface area contributed by atoms with Crippen molar-refractivity contribution in [1.82, 2.24) is 4.31 Å². The Hall–Kier alpha value is -1.90. The molecular weight excluding hydrogens is 522 g/mol. The van der Waals surface area contributed by atoms with Crippen LogP contribution in [0.15, 0.2) is 29.8 Å². The zero-order valence-corrected chi connectivity index (χ0v) is 24.5. The van der Waals surface area contributed by atoms with Gasteiger partial charge in [-0.3, -0.25) is 10.6 Å². The summed E-state index contributed by atoms with van der Waals surface area (Å²) in [6.07, 6.45) is 1.76. The Kier molecular flexibility index (Phi) is 8.63. The van der Waals surface area contributed by atoms with E-state index in [0.29, 0.717) is 35.3 Å². The Labute approximate surface area is 219 Å². The maximum absolute atomic E-state index is 13.0. The molecule has 200 valence electrons. The van der Waals surface area contributed by atoms with E-state index in [-0.39, 0.29) is 27.3 Å². The molecule has 2 aromatic heterocycles. The van der Waals surface area contributed by atoms with E-state index in [1.807, 2.05) is 11.4 Å². The summed E-state index contributed by atoms with van der Waals surface area (Å²) in [5.74, 6) is 1.34. The molecule has 3 rings (SSSR count). The van der Waals surface area contributed by atoms with Crippen LogP contribution in [-0.2, 0) is 26.6 Å². The zero-order valence-electron chi connectivity index (χ0n) is 22.0. The van der Waals surface area contributed by atoms with Crippen LogP contribution in [0.4, 0.5) is 5.69 Å². The number of rotatable bonds is 8. The summed E-state index contributed by atoms with van der Waals surface area (Å²) in [4.78, 5) is 0.610. The molecule has 10 nitrogen and oxygen atoms in total. The number of aromatic hydroxyl groups is 1. The van der Waals surface area contributed by atoms with Crippen molar-refractivity contribution in [1.29, 1.82) is 0 Å². The van der Waals surface area contributed by atoms with Gasteiger partial charge in [0.25, 0.3) is 21.2 Å². The van der Waals surface area contributed by atoms with Gasteiger partial charge in [0.15, 0.2) is 21.7 Å². The molecule has 2 atom stereocenters. The Balaban J connectivity index is 1.90. The molecule has 0 fully saturated rings. The van der Waals surface area contributed by atoms with Crippen molar-refractivity contribution in [3.8, 4) is 5.75 Å². The number of hydrogen-bond acceptors (Lipinski definition) is 6. The molecule has 0 aliphatic carbocycles. The molecule has 3 heterocycles. The standard InChI is InChI=1S/C23H35N5O5S3/c1-9-28(10-2)36(31,32)22-19(29)18(14(5)34-22)25-21-20(26-35(30)27-21)24-17(13(3)4)16-11-15(12-33-16)23(6,7)8/h11-13,17,29H,9-10H2,1-8H3,(H,24,26)(H,25,27)/p+2. The van der Waals surface area contributed by atoms with E-state index in [1.165, 1.54) is 4.31 Å². The summed E-state index contributed by atoms with van der Waals surface area (Å²) >= 11 is -0.801. The largest absolute Gasteiger partial charge is 0.501 e. The fraction of sp³-hybridized carbons (Fsp3) is 0.565. The van der Waals surface area contributed by atoms with Gasteiger partial charge in [0.05, 0.1) is 11.1 Å². The van der Waals surface area contributed by atoms with Gasteiger partial charge in [-0.05, 0) is 24.0 Å². The Morgan fingerprint density at radius 1 is 1.19 bits per heavy atom. The number of nitrogens with two attached hydrogens (primary N) is 2. The van der Waals surface area contributed by atoms with Gasteiger partial charge >= 0.3 is 11.7 Å². The molecule has 2 aromatic rings. The van der Waals surface area contributed by atoms with E-state index < -0.39 is 21.2 Å². The van der Waals surface area contributed by atoms with Crippen LogP contribution in [0.25, 0.3) is 0 Å². The first-order valence-electron chi connectivity index (χ1n) is 11.9. The number of furan rings is 1.